The van der Waals surface area contributed by atoms with Crippen molar-refractivity contribution in [2.75, 3.05) is 46.3 Å². The fourth-order valence-corrected chi connectivity index (χ4v) is 6.66. The summed E-state index contributed by atoms with van der Waals surface area (Å²) in [5, 5.41) is 12.9. The van der Waals surface area contributed by atoms with Crippen LogP contribution < -0.4 is 23.8 Å². The van der Waals surface area contributed by atoms with E-state index in [1.807, 2.05) is 0 Å². The Labute approximate surface area is 244 Å². The number of carbonyl (C=O) groups is 2. The summed E-state index contributed by atoms with van der Waals surface area (Å²) in [6, 6.07) is 13.0. The molecule has 1 aliphatic rings. The minimum atomic E-state index is -4.60. The van der Waals surface area contributed by atoms with Gasteiger partial charge in [-0.15, -0.1) is 0 Å². The monoisotopic (exact) mass is 593 g/mol. The van der Waals surface area contributed by atoms with Crippen molar-refractivity contribution in [1.29, 1.82) is 5.26 Å². The SMILES string of the molecule is COc1ccc(S(=O)(=O)N2C(=O)C(CN[C@@H](C)C(=O)N(C)C)(c3cccnc3OC)c3cc(C#N)ccc32)c(OC)c1. The van der Waals surface area contributed by atoms with Crippen LogP contribution in [0.1, 0.15) is 23.6 Å². The predicted octanol–water partition coefficient (Wildman–Crippen LogP) is 2.07. The van der Waals surface area contributed by atoms with Crippen LogP contribution in [0.5, 0.6) is 17.4 Å². The molecule has 1 N–H and O–H groups in total. The van der Waals surface area contributed by atoms with Gasteiger partial charge in [0, 0.05) is 38.5 Å². The van der Waals surface area contributed by atoms with E-state index in [0.29, 0.717) is 10.1 Å². The highest BCUT2D eigenvalue weighted by Crippen LogP contribution is 2.51. The third-order valence-corrected chi connectivity index (χ3v) is 8.89. The molecule has 2 atom stereocenters. The summed E-state index contributed by atoms with van der Waals surface area (Å²) in [4.78, 5) is 32.9. The standard InChI is InChI=1S/C29H31N5O7S/c1-18(27(35)33(2)3)32-17-29(21-8-7-13-31-26(21)41-6)22-14-19(16-30)9-11-23(22)34(28(29)36)42(37,38)25-12-10-20(39-4)15-24(25)40-5/h7-15,18,32H,17H2,1-6H3/t18-,29?/m0/s1. The molecule has 13 heteroatoms. The second kappa shape index (κ2) is 11.7. The average molecular weight is 594 g/mol. The highest BCUT2D eigenvalue weighted by Gasteiger charge is 2.57. The number of benzene rings is 2. The highest BCUT2D eigenvalue weighted by molar-refractivity contribution is 7.93. The molecule has 2 aromatic carbocycles. The number of anilines is 1. The zero-order valence-corrected chi connectivity index (χ0v) is 24.9. The Hall–Kier alpha value is -4.67. The van der Waals surface area contributed by atoms with E-state index in [1.165, 1.54) is 68.8 Å². The summed E-state index contributed by atoms with van der Waals surface area (Å²) >= 11 is 0. The number of ether oxygens (including phenoxy) is 3. The molecule has 0 fully saturated rings. The van der Waals surface area contributed by atoms with Gasteiger partial charge >= 0.3 is 0 Å². The summed E-state index contributed by atoms with van der Waals surface area (Å²) in [6.07, 6.45) is 1.48. The second-order valence-corrected chi connectivity index (χ2v) is 11.5. The van der Waals surface area contributed by atoms with Crippen LogP contribution in [0.4, 0.5) is 5.69 Å². The molecule has 220 valence electrons. The summed E-state index contributed by atoms with van der Waals surface area (Å²) in [5.74, 6) is -0.706. The van der Waals surface area contributed by atoms with Gasteiger partial charge in [-0.2, -0.15) is 5.26 Å². The number of pyridine rings is 1. The fourth-order valence-electron chi connectivity index (χ4n) is 5.03. The van der Waals surface area contributed by atoms with Crippen molar-refractivity contribution in [3.8, 4) is 23.4 Å². The molecule has 1 aliphatic heterocycles. The zero-order chi connectivity index (χ0) is 30.8. The van der Waals surface area contributed by atoms with Crippen molar-refractivity contribution < 1.29 is 32.2 Å². The fraction of sp³-hybridized carbons (Fsp3) is 0.310. The predicted molar refractivity (Wildman–Crippen MR) is 153 cm³/mol. The molecular weight excluding hydrogens is 562 g/mol. The topological polar surface area (TPSA) is 151 Å². The smallest absolute Gasteiger partial charge is 0.274 e. The molecule has 0 saturated heterocycles. The van der Waals surface area contributed by atoms with Gasteiger partial charge in [-0.25, -0.2) is 17.7 Å². The number of rotatable bonds is 10. The molecule has 12 nitrogen and oxygen atoms in total. The van der Waals surface area contributed by atoms with Crippen molar-refractivity contribution in [3.05, 3.63) is 71.4 Å². The maximum absolute atomic E-state index is 14.8. The number of amides is 2. The van der Waals surface area contributed by atoms with E-state index in [0.717, 1.165) is 0 Å². The molecule has 0 saturated carbocycles. The van der Waals surface area contributed by atoms with E-state index in [-0.39, 0.29) is 51.4 Å². The van der Waals surface area contributed by atoms with Crippen LogP contribution in [0, 0.1) is 11.3 Å². The summed E-state index contributed by atoms with van der Waals surface area (Å²) in [7, 11) is 2.73. The Morgan fingerprint density at radius 1 is 1.10 bits per heavy atom. The van der Waals surface area contributed by atoms with E-state index in [1.54, 1.807) is 33.2 Å². The van der Waals surface area contributed by atoms with Gasteiger partial charge in [-0.05, 0) is 48.9 Å². The number of aromatic nitrogens is 1. The Morgan fingerprint density at radius 2 is 1.83 bits per heavy atom. The molecule has 1 unspecified atom stereocenters. The van der Waals surface area contributed by atoms with Gasteiger partial charge < -0.3 is 24.4 Å². The van der Waals surface area contributed by atoms with Gasteiger partial charge in [0.1, 0.15) is 21.8 Å². The van der Waals surface area contributed by atoms with Crippen LogP contribution in [0.25, 0.3) is 0 Å². The zero-order valence-electron chi connectivity index (χ0n) is 24.0. The van der Waals surface area contributed by atoms with Gasteiger partial charge in [0.15, 0.2) is 0 Å². The normalized spacial score (nSPS) is 16.8. The molecule has 2 heterocycles. The molecule has 0 bridgehead atoms. The minimum absolute atomic E-state index is 0.0304. The first-order valence-electron chi connectivity index (χ1n) is 12.8. The Kier molecular flexibility index (Phi) is 8.42. The molecule has 0 spiro atoms. The van der Waals surface area contributed by atoms with E-state index in [2.05, 4.69) is 16.4 Å². The van der Waals surface area contributed by atoms with Crippen molar-refractivity contribution >= 4 is 27.5 Å². The van der Waals surface area contributed by atoms with Crippen molar-refractivity contribution in [2.24, 2.45) is 0 Å². The first-order valence-corrected chi connectivity index (χ1v) is 14.2. The number of nitrogens with zero attached hydrogens (tertiary/aromatic N) is 4. The maximum atomic E-state index is 14.8. The third-order valence-electron chi connectivity index (χ3n) is 7.15. The molecule has 2 amide bonds. The lowest BCUT2D eigenvalue weighted by Gasteiger charge is -2.32. The van der Waals surface area contributed by atoms with Gasteiger partial charge in [-0.3, -0.25) is 9.59 Å². The summed E-state index contributed by atoms with van der Waals surface area (Å²) < 4.78 is 45.5. The van der Waals surface area contributed by atoms with Crippen LogP contribution >= 0.6 is 0 Å². The number of methoxy groups -OCH3 is 3. The first-order chi connectivity index (χ1) is 20.0. The number of fused-ring (bicyclic) bond motifs is 1. The quantitative estimate of drug-likeness (QED) is 0.370. The van der Waals surface area contributed by atoms with Crippen LogP contribution in [0.2, 0.25) is 0 Å². The minimum Gasteiger partial charge on any atom is -0.497 e. The molecule has 4 rings (SSSR count). The van der Waals surface area contributed by atoms with Gasteiger partial charge in [0.2, 0.25) is 11.8 Å². The second-order valence-electron chi connectivity index (χ2n) is 9.74. The van der Waals surface area contributed by atoms with Crippen molar-refractivity contribution in [1.82, 2.24) is 15.2 Å². The molecular formula is C29H31N5O7S. The number of hydrogen-bond donors (Lipinski definition) is 1. The van der Waals surface area contributed by atoms with Crippen LogP contribution in [-0.2, 0) is 25.0 Å². The van der Waals surface area contributed by atoms with Crippen LogP contribution in [0.3, 0.4) is 0 Å². The molecule has 3 aromatic rings. The first kappa shape index (κ1) is 30.3. The summed E-state index contributed by atoms with van der Waals surface area (Å²) in [5.41, 5.74) is -1.05. The van der Waals surface area contributed by atoms with E-state index < -0.39 is 27.4 Å². The Bertz CT molecular complexity index is 1690. The Morgan fingerprint density at radius 3 is 2.45 bits per heavy atom. The number of carbonyl (C=O) groups excluding carboxylic acids is 2. The van der Waals surface area contributed by atoms with E-state index >= 15 is 0 Å². The molecule has 0 aliphatic carbocycles. The average Bonchev–Trinajstić information content (AvgIpc) is 3.26. The highest BCUT2D eigenvalue weighted by atomic mass is 32.2. The van der Waals surface area contributed by atoms with E-state index in [4.69, 9.17) is 14.2 Å². The number of nitriles is 1. The lowest BCUT2D eigenvalue weighted by molar-refractivity contribution is -0.131. The maximum Gasteiger partial charge on any atom is 0.274 e. The third kappa shape index (κ3) is 4.88. The van der Waals surface area contributed by atoms with Crippen LogP contribution in [-0.4, -0.2) is 78.1 Å². The number of sulfonamides is 1. The Balaban J connectivity index is 2.02. The van der Waals surface area contributed by atoms with Crippen LogP contribution in [0.15, 0.2) is 59.6 Å². The van der Waals surface area contributed by atoms with Crippen molar-refractivity contribution in [2.45, 2.75) is 23.3 Å². The van der Waals surface area contributed by atoms with Gasteiger partial charge in [0.25, 0.3) is 15.9 Å². The van der Waals surface area contributed by atoms with Crippen molar-refractivity contribution in [3.63, 3.8) is 0 Å². The molecule has 1 aromatic heterocycles. The van der Waals surface area contributed by atoms with Gasteiger partial charge in [0.05, 0.1) is 44.7 Å². The largest absolute Gasteiger partial charge is 0.497 e. The summed E-state index contributed by atoms with van der Waals surface area (Å²) in [6.45, 7) is 1.42. The van der Waals surface area contributed by atoms with Gasteiger partial charge in [-0.1, -0.05) is 6.07 Å². The number of hydrogen-bond acceptors (Lipinski definition) is 10. The van der Waals surface area contributed by atoms with E-state index in [9.17, 15) is 23.3 Å². The number of nitrogens with one attached hydrogen (secondary N) is 1. The number of likely N-dealkylation sites (N-methyl/N-ethyl adjacent to an activating group) is 1. The lowest BCUT2D eigenvalue weighted by atomic mass is 9.75. The lowest BCUT2D eigenvalue weighted by Crippen LogP contribution is -2.53. The molecule has 42 heavy (non-hydrogen) atoms. The molecule has 0 radical (unpaired) electrons.